The maximum atomic E-state index is 10.3. The molecular formula is C13H16O9. The van der Waals surface area contributed by atoms with Gasteiger partial charge in [-0.25, -0.2) is 4.79 Å². The van der Waals surface area contributed by atoms with Crippen LogP contribution < -0.4 is 0 Å². The van der Waals surface area contributed by atoms with E-state index in [9.17, 15) is 14.4 Å². The average Bonchev–Trinajstić information content (AvgIpc) is 2.38. The molecule has 0 heterocycles. The Morgan fingerprint density at radius 3 is 1.68 bits per heavy atom. The number of rotatable bonds is 6. The molecule has 0 unspecified atom stereocenters. The number of carboxylic acid groups (broad SMARTS) is 3. The van der Waals surface area contributed by atoms with Crippen LogP contribution in [0.15, 0.2) is 24.3 Å². The van der Waals surface area contributed by atoms with Crippen molar-refractivity contribution in [1.29, 1.82) is 0 Å². The topological polar surface area (TPSA) is 173 Å². The first-order valence-electron chi connectivity index (χ1n) is 5.89. The van der Waals surface area contributed by atoms with Crippen molar-refractivity contribution in [1.82, 2.24) is 0 Å². The second-order valence-electron chi connectivity index (χ2n) is 4.26. The lowest BCUT2D eigenvalue weighted by Gasteiger charge is -2.18. The second-order valence-corrected chi connectivity index (χ2v) is 4.26. The van der Waals surface area contributed by atoms with Crippen LogP contribution in [0.25, 0.3) is 0 Å². The van der Waals surface area contributed by atoms with E-state index in [1.807, 2.05) is 0 Å². The smallest absolute Gasteiger partial charge is 0.336 e. The minimum Gasteiger partial charge on any atom is -0.508 e. The maximum absolute atomic E-state index is 10.3. The Morgan fingerprint density at radius 2 is 1.41 bits per heavy atom. The molecule has 1 rings (SSSR count). The molecule has 0 aliphatic rings. The molecule has 0 bridgehead atoms. The van der Waals surface area contributed by atoms with Gasteiger partial charge in [-0.15, -0.1) is 0 Å². The summed E-state index contributed by atoms with van der Waals surface area (Å²) in [6.45, 7) is -0.104. The Kier molecular flexibility index (Phi) is 7.56. The molecule has 0 saturated heterocycles. The summed E-state index contributed by atoms with van der Waals surface area (Å²) in [7, 11) is 0. The Bertz CT molecular complexity index is 522. The van der Waals surface area contributed by atoms with E-state index in [4.69, 9.17) is 30.6 Å². The predicted molar refractivity (Wildman–Crippen MR) is 71.1 cm³/mol. The lowest BCUT2D eigenvalue weighted by Crippen LogP contribution is -2.42. The molecule has 0 aromatic heterocycles. The van der Waals surface area contributed by atoms with E-state index < -0.39 is 36.4 Å². The number of aliphatic carboxylic acids is 3. The molecule has 1 aromatic carbocycles. The number of benzene rings is 1. The van der Waals surface area contributed by atoms with Crippen LogP contribution in [0, 0.1) is 0 Å². The van der Waals surface area contributed by atoms with Gasteiger partial charge in [-0.3, -0.25) is 9.59 Å². The van der Waals surface area contributed by atoms with Crippen molar-refractivity contribution in [2.45, 2.75) is 25.0 Å². The molecule has 1 aromatic rings. The number of carbonyl (C=O) groups is 3. The Labute approximate surface area is 124 Å². The highest BCUT2D eigenvalue weighted by Gasteiger charge is 2.40. The molecule has 0 radical (unpaired) electrons. The number of aromatic hydroxyl groups is 1. The van der Waals surface area contributed by atoms with E-state index in [-0.39, 0.29) is 12.4 Å². The van der Waals surface area contributed by atoms with Gasteiger partial charge in [0, 0.05) is 5.56 Å². The third-order valence-electron chi connectivity index (χ3n) is 2.45. The van der Waals surface area contributed by atoms with Crippen LogP contribution in [0.5, 0.6) is 5.75 Å². The molecule has 122 valence electrons. The molecule has 9 heteroatoms. The van der Waals surface area contributed by atoms with E-state index in [1.54, 1.807) is 24.3 Å². The van der Waals surface area contributed by atoms with E-state index in [2.05, 4.69) is 0 Å². The van der Waals surface area contributed by atoms with Crippen LogP contribution in [0.2, 0.25) is 0 Å². The summed E-state index contributed by atoms with van der Waals surface area (Å²) in [6.07, 6.45) is -2.29. The van der Waals surface area contributed by atoms with Gasteiger partial charge in [0.15, 0.2) is 5.60 Å². The predicted octanol–water partition coefficient (Wildman–Crippen LogP) is -0.364. The lowest BCUT2D eigenvalue weighted by atomic mass is 9.96. The SMILES string of the molecule is O=C(O)CC(O)(CC(=O)O)C(=O)O.OCc1ccccc1O. The maximum Gasteiger partial charge on any atom is 0.336 e. The summed E-state index contributed by atoms with van der Waals surface area (Å²) in [6, 6.07) is 6.71. The molecule has 0 fully saturated rings. The molecule has 0 atom stereocenters. The fourth-order valence-corrected chi connectivity index (χ4v) is 1.36. The van der Waals surface area contributed by atoms with Crippen molar-refractivity contribution >= 4 is 17.9 Å². The van der Waals surface area contributed by atoms with Crippen LogP contribution in [0.3, 0.4) is 0 Å². The Balaban J connectivity index is 0.000000425. The molecular weight excluding hydrogens is 300 g/mol. The minimum atomic E-state index is -2.74. The molecule has 0 aliphatic carbocycles. The quantitative estimate of drug-likeness (QED) is 0.409. The van der Waals surface area contributed by atoms with E-state index in [1.165, 1.54) is 0 Å². The number of hydrogen-bond donors (Lipinski definition) is 6. The molecule has 0 amide bonds. The summed E-state index contributed by atoms with van der Waals surface area (Å²) in [4.78, 5) is 30.5. The van der Waals surface area contributed by atoms with Gasteiger partial charge in [0.05, 0.1) is 19.4 Å². The zero-order valence-electron chi connectivity index (χ0n) is 11.3. The first-order chi connectivity index (χ1) is 10.1. The van der Waals surface area contributed by atoms with Crippen molar-refractivity contribution in [2.75, 3.05) is 0 Å². The Hall–Kier alpha value is -2.65. The number of carboxylic acids is 3. The van der Waals surface area contributed by atoms with E-state index in [0.29, 0.717) is 5.56 Å². The fraction of sp³-hybridized carbons (Fsp3) is 0.308. The standard InChI is InChI=1S/C7H8O2.C6H8O7/c8-5-6-3-1-2-4-7(6)9;7-3(8)1-6(13,5(11)12)2-4(9)10/h1-4,8-9H,5H2;13H,1-2H2,(H,7,8)(H,9,10)(H,11,12). The van der Waals surface area contributed by atoms with Crippen LogP contribution in [-0.2, 0) is 21.0 Å². The van der Waals surface area contributed by atoms with Crippen LogP contribution in [-0.4, -0.2) is 54.1 Å². The van der Waals surface area contributed by atoms with Gasteiger partial charge in [-0.2, -0.15) is 0 Å². The fourth-order valence-electron chi connectivity index (χ4n) is 1.36. The van der Waals surface area contributed by atoms with E-state index >= 15 is 0 Å². The van der Waals surface area contributed by atoms with Gasteiger partial charge in [0.2, 0.25) is 0 Å². The van der Waals surface area contributed by atoms with Gasteiger partial charge < -0.3 is 30.6 Å². The number of hydrogen-bond acceptors (Lipinski definition) is 6. The van der Waals surface area contributed by atoms with Crippen molar-refractivity contribution in [3.05, 3.63) is 29.8 Å². The monoisotopic (exact) mass is 316 g/mol. The largest absolute Gasteiger partial charge is 0.508 e. The van der Waals surface area contributed by atoms with E-state index in [0.717, 1.165) is 0 Å². The summed E-state index contributed by atoms with van der Waals surface area (Å²) in [5.74, 6) is -4.87. The zero-order chi connectivity index (χ0) is 17.3. The van der Waals surface area contributed by atoms with Gasteiger partial charge in [-0.05, 0) is 6.07 Å². The second kappa shape index (κ2) is 8.60. The minimum absolute atomic E-state index is 0.104. The number of aliphatic hydroxyl groups excluding tert-OH is 1. The zero-order valence-corrected chi connectivity index (χ0v) is 11.3. The van der Waals surface area contributed by atoms with Crippen molar-refractivity contribution < 1.29 is 45.0 Å². The summed E-state index contributed by atoms with van der Waals surface area (Å²) < 4.78 is 0. The number of aliphatic hydroxyl groups is 2. The molecule has 9 nitrogen and oxygen atoms in total. The third kappa shape index (κ3) is 6.68. The molecule has 0 saturated carbocycles. The molecule has 0 spiro atoms. The number of para-hydroxylation sites is 1. The van der Waals surface area contributed by atoms with Crippen molar-refractivity contribution in [3.63, 3.8) is 0 Å². The van der Waals surface area contributed by atoms with Gasteiger partial charge in [0.1, 0.15) is 5.75 Å². The molecule has 22 heavy (non-hydrogen) atoms. The highest BCUT2D eigenvalue weighted by Crippen LogP contribution is 2.16. The number of phenols is 1. The molecule has 6 N–H and O–H groups in total. The lowest BCUT2D eigenvalue weighted by molar-refractivity contribution is -0.170. The van der Waals surface area contributed by atoms with Crippen LogP contribution in [0.4, 0.5) is 0 Å². The summed E-state index contributed by atoms with van der Waals surface area (Å²) in [5.41, 5.74) is -2.17. The highest BCUT2D eigenvalue weighted by molar-refractivity contribution is 5.88. The van der Waals surface area contributed by atoms with Crippen LogP contribution in [0.1, 0.15) is 18.4 Å². The van der Waals surface area contributed by atoms with Gasteiger partial charge in [0.25, 0.3) is 0 Å². The van der Waals surface area contributed by atoms with Crippen LogP contribution >= 0.6 is 0 Å². The first-order valence-corrected chi connectivity index (χ1v) is 5.89. The van der Waals surface area contributed by atoms with Gasteiger partial charge >= 0.3 is 17.9 Å². The average molecular weight is 316 g/mol. The first kappa shape index (κ1) is 19.4. The normalized spacial score (nSPS) is 10.3. The third-order valence-corrected chi connectivity index (χ3v) is 2.45. The van der Waals surface area contributed by atoms with Crippen molar-refractivity contribution in [2.24, 2.45) is 0 Å². The highest BCUT2D eigenvalue weighted by atomic mass is 16.4. The summed E-state index contributed by atoms with van der Waals surface area (Å²) >= 11 is 0. The summed E-state index contributed by atoms with van der Waals surface area (Å²) in [5, 5.41) is 51.3. The molecule has 0 aliphatic heterocycles. The van der Waals surface area contributed by atoms with Crippen molar-refractivity contribution in [3.8, 4) is 5.75 Å². The Morgan fingerprint density at radius 1 is 0.955 bits per heavy atom. The van der Waals surface area contributed by atoms with Gasteiger partial charge in [-0.1, -0.05) is 18.2 Å².